The maximum absolute atomic E-state index is 12.1. The normalized spacial score (nSPS) is 10.4. The summed E-state index contributed by atoms with van der Waals surface area (Å²) in [6, 6.07) is 5.62. The second kappa shape index (κ2) is 5.00. The summed E-state index contributed by atoms with van der Waals surface area (Å²) in [4.78, 5) is 16.2. The molecule has 18 heavy (non-hydrogen) atoms. The second-order valence-electron chi connectivity index (χ2n) is 4.17. The van der Waals surface area contributed by atoms with Gasteiger partial charge in [0, 0.05) is 18.9 Å². The van der Waals surface area contributed by atoms with Gasteiger partial charge in [-0.3, -0.25) is 14.5 Å². The SMILES string of the molecule is Cc1nn(C)c(C)c1C(=O)NCc1ccccn1. The van der Waals surface area contributed by atoms with E-state index in [0.717, 1.165) is 17.1 Å². The molecule has 5 heteroatoms. The third-order valence-electron chi connectivity index (χ3n) is 2.89. The number of nitrogens with one attached hydrogen (secondary N) is 1. The Morgan fingerprint density at radius 3 is 2.72 bits per heavy atom. The third-order valence-corrected chi connectivity index (χ3v) is 2.89. The summed E-state index contributed by atoms with van der Waals surface area (Å²) in [5, 5.41) is 7.08. The van der Waals surface area contributed by atoms with E-state index in [-0.39, 0.29) is 5.91 Å². The molecule has 0 aromatic carbocycles. The van der Waals surface area contributed by atoms with Gasteiger partial charge in [-0.05, 0) is 26.0 Å². The fourth-order valence-electron chi connectivity index (χ4n) is 1.86. The van der Waals surface area contributed by atoms with Gasteiger partial charge in [-0.2, -0.15) is 5.10 Å². The zero-order chi connectivity index (χ0) is 13.1. The maximum atomic E-state index is 12.1. The average Bonchev–Trinajstić information content (AvgIpc) is 2.62. The van der Waals surface area contributed by atoms with Crippen LogP contribution in [-0.4, -0.2) is 20.7 Å². The molecule has 0 aliphatic carbocycles. The fourth-order valence-corrected chi connectivity index (χ4v) is 1.86. The highest BCUT2D eigenvalue weighted by Gasteiger charge is 2.16. The smallest absolute Gasteiger partial charge is 0.255 e. The predicted molar refractivity (Wildman–Crippen MR) is 68.1 cm³/mol. The van der Waals surface area contributed by atoms with Gasteiger partial charge >= 0.3 is 0 Å². The van der Waals surface area contributed by atoms with Gasteiger partial charge in [0.2, 0.25) is 0 Å². The van der Waals surface area contributed by atoms with Gasteiger partial charge < -0.3 is 5.32 Å². The highest BCUT2D eigenvalue weighted by atomic mass is 16.1. The van der Waals surface area contributed by atoms with E-state index in [4.69, 9.17) is 0 Å². The molecular weight excluding hydrogens is 228 g/mol. The lowest BCUT2D eigenvalue weighted by molar-refractivity contribution is 0.0949. The lowest BCUT2D eigenvalue weighted by Gasteiger charge is -2.05. The Hall–Kier alpha value is -2.17. The van der Waals surface area contributed by atoms with Crippen LogP contribution in [0, 0.1) is 13.8 Å². The minimum atomic E-state index is -0.108. The van der Waals surface area contributed by atoms with Crippen molar-refractivity contribution >= 4 is 5.91 Å². The molecule has 0 atom stereocenters. The van der Waals surface area contributed by atoms with Crippen LogP contribution in [0.15, 0.2) is 24.4 Å². The monoisotopic (exact) mass is 244 g/mol. The molecule has 0 bridgehead atoms. The van der Waals surface area contributed by atoms with Crippen LogP contribution in [0.4, 0.5) is 0 Å². The Morgan fingerprint density at radius 2 is 2.17 bits per heavy atom. The van der Waals surface area contributed by atoms with Gasteiger partial charge in [0.05, 0.1) is 23.5 Å². The number of carbonyl (C=O) groups is 1. The topological polar surface area (TPSA) is 59.8 Å². The van der Waals surface area contributed by atoms with Crippen molar-refractivity contribution in [2.75, 3.05) is 0 Å². The number of pyridine rings is 1. The van der Waals surface area contributed by atoms with Crippen LogP contribution < -0.4 is 5.32 Å². The molecule has 5 nitrogen and oxygen atoms in total. The van der Waals surface area contributed by atoms with E-state index in [9.17, 15) is 4.79 Å². The molecule has 1 N–H and O–H groups in total. The molecule has 1 amide bonds. The van der Waals surface area contributed by atoms with Crippen molar-refractivity contribution in [1.82, 2.24) is 20.1 Å². The molecule has 94 valence electrons. The van der Waals surface area contributed by atoms with Crippen LogP contribution in [0.1, 0.15) is 27.4 Å². The van der Waals surface area contributed by atoms with Crippen molar-refractivity contribution < 1.29 is 4.79 Å². The van der Waals surface area contributed by atoms with E-state index in [1.807, 2.05) is 39.1 Å². The summed E-state index contributed by atoms with van der Waals surface area (Å²) < 4.78 is 1.71. The van der Waals surface area contributed by atoms with Gasteiger partial charge in [0.1, 0.15) is 0 Å². The number of amides is 1. The van der Waals surface area contributed by atoms with Crippen molar-refractivity contribution in [1.29, 1.82) is 0 Å². The van der Waals surface area contributed by atoms with E-state index >= 15 is 0 Å². The first-order chi connectivity index (χ1) is 8.59. The first kappa shape index (κ1) is 12.3. The Kier molecular flexibility index (Phi) is 3.41. The molecule has 0 spiro atoms. The third kappa shape index (κ3) is 2.40. The molecule has 0 radical (unpaired) electrons. The van der Waals surface area contributed by atoms with Crippen LogP contribution in [0.3, 0.4) is 0 Å². The molecule has 2 rings (SSSR count). The van der Waals surface area contributed by atoms with Crippen LogP contribution in [0.25, 0.3) is 0 Å². The zero-order valence-corrected chi connectivity index (χ0v) is 10.8. The molecule has 0 aliphatic heterocycles. The van der Waals surface area contributed by atoms with Crippen LogP contribution in [0.2, 0.25) is 0 Å². The van der Waals surface area contributed by atoms with E-state index in [0.29, 0.717) is 12.1 Å². The van der Waals surface area contributed by atoms with Crippen LogP contribution in [0.5, 0.6) is 0 Å². The van der Waals surface area contributed by atoms with E-state index in [2.05, 4.69) is 15.4 Å². The number of rotatable bonds is 3. The van der Waals surface area contributed by atoms with Crippen LogP contribution >= 0.6 is 0 Å². The quantitative estimate of drug-likeness (QED) is 0.887. The van der Waals surface area contributed by atoms with Crippen molar-refractivity contribution in [3.05, 3.63) is 47.0 Å². The number of carbonyl (C=O) groups excluding carboxylic acids is 1. The summed E-state index contributed by atoms with van der Waals surface area (Å²) >= 11 is 0. The van der Waals surface area contributed by atoms with Gasteiger partial charge in [0.15, 0.2) is 0 Å². The van der Waals surface area contributed by atoms with Crippen molar-refractivity contribution in [2.24, 2.45) is 7.05 Å². The van der Waals surface area contributed by atoms with Gasteiger partial charge in [0.25, 0.3) is 5.91 Å². The second-order valence-corrected chi connectivity index (χ2v) is 4.17. The molecule has 0 aliphatic rings. The lowest BCUT2D eigenvalue weighted by Crippen LogP contribution is -2.24. The minimum Gasteiger partial charge on any atom is -0.346 e. The molecule has 2 heterocycles. The van der Waals surface area contributed by atoms with Crippen molar-refractivity contribution in [3.63, 3.8) is 0 Å². The highest BCUT2D eigenvalue weighted by Crippen LogP contribution is 2.11. The fraction of sp³-hybridized carbons (Fsp3) is 0.308. The van der Waals surface area contributed by atoms with Gasteiger partial charge in [-0.1, -0.05) is 6.07 Å². The maximum Gasteiger partial charge on any atom is 0.255 e. The van der Waals surface area contributed by atoms with Crippen LogP contribution in [-0.2, 0) is 13.6 Å². The largest absolute Gasteiger partial charge is 0.346 e. The summed E-state index contributed by atoms with van der Waals surface area (Å²) in [5.41, 5.74) is 3.10. The number of hydrogen-bond donors (Lipinski definition) is 1. The molecular formula is C13H16N4O. The average molecular weight is 244 g/mol. The zero-order valence-electron chi connectivity index (χ0n) is 10.8. The van der Waals surface area contributed by atoms with E-state index in [1.165, 1.54) is 0 Å². The Labute approximate surface area is 106 Å². The van der Waals surface area contributed by atoms with E-state index in [1.54, 1.807) is 10.9 Å². The first-order valence-electron chi connectivity index (χ1n) is 5.78. The summed E-state index contributed by atoms with van der Waals surface area (Å²) in [6.07, 6.45) is 1.71. The number of nitrogens with zero attached hydrogens (tertiary/aromatic N) is 3. The van der Waals surface area contributed by atoms with Gasteiger partial charge in [-0.25, -0.2) is 0 Å². The minimum absolute atomic E-state index is 0.108. The molecule has 0 unspecified atom stereocenters. The molecule has 0 fully saturated rings. The standard InChI is InChI=1S/C13H16N4O/c1-9-12(10(2)17(3)16-9)13(18)15-8-11-6-4-5-7-14-11/h4-7H,8H2,1-3H3,(H,15,18). The summed E-state index contributed by atoms with van der Waals surface area (Å²) in [6.45, 7) is 4.14. The van der Waals surface area contributed by atoms with Crippen molar-refractivity contribution in [3.8, 4) is 0 Å². The summed E-state index contributed by atoms with van der Waals surface area (Å²) in [5.74, 6) is -0.108. The molecule has 2 aromatic heterocycles. The predicted octanol–water partition coefficient (Wildman–Crippen LogP) is 1.36. The Bertz CT molecular complexity index is 560. The van der Waals surface area contributed by atoms with E-state index < -0.39 is 0 Å². The van der Waals surface area contributed by atoms with Crippen molar-refractivity contribution in [2.45, 2.75) is 20.4 Å². The Balaban J connectivity index is 2.09. The lowest BCUT2D eigenvalue weighted by atomic mass is 10.2. The number of hydrogen-bond acceptors (Lipinski definition) is 3. The molecule has 2 aromatic rings. The number of aryl methyl sites for hydroxylation is 2. The van der Waals surface area contributed by atoms with Gasteiger partial charge in [-0.15, -0.1) is 0 Å². The highest BCUT2D eigenvalue weighted by molar-refractivity contribution is 5.96. The first-order valence-corrected chi connectivity index (χ1v) is 5.78. The molecule has 0 saturated carbocycles. The Morgan fingerprint density at radius 1 is 1.39 bits per heavy atom. The number of aromatic nitrogens is 3. The summed E-state index contributed by atoms with van der Waals surface area (Å²) in [7, 11) is 1.83. The molecule has 0 saturated heterocycles.